The summed E-state index contributed by atoms with van der Waals surface area (Å²) in [4.78, 5) is 23.0. The number of ether oxygens (including phenoxy) is 2. The zero-order valence-electron chi connectivity index (χ0n) is 34.2. The van der Waals surface area contributed by atoms with E-state index < -0.39 is 63.1 Å². The molecular formula is C42H79O12P. The summed E-state index contributed by atoms with van der Waals surface area (Å²) in [6.07, 6.45) is 24.0. The Balaban J connectivity index is 2.39. The van der Waals surface area contributed by atoms with Crippen LogP contribution in [0.4, 0.5) is 0 Å². The average Bonchev–Trinajstić information content (AvgIpc) is 3.17. The first kappa shape index (κ1) is 51.8. The van der Waals surface area contributed by atoms with Gasteiger partial charge >= 0.3 is 13.8 Å². The van der Waals surface area contributed by atoms with Gasteiger partial charge < -0.3 is 39.9 Å². The van der Waals surface area contributed by atoms with Gasteiger partial charge in [0.1, 0.15) is 42.7 Å². The van der Waals surface area contributed by atoms with Crippen LogP contribution in [0.5, 0.6) is 0 Å². The van der Waals surface area contributed by atoms with Crippen molar-refractivity contribution in [3.63, 3.8) is 0 Å². The highest BCUT2D eigenvalue weighted by Crippen LogP contribution is 2.47. The summed E-state index contributed by atoms with van der Waals surface area (Å²) in [6.45, 7) is 4.20. The van der Waals surface area contributed by atoms with Crippen molar-refractivity contribution in [3.05, 3.63) is 24.3 Å². The van der Waals surface area contributed by atoms with Crippen molar-refractivity contribution in [1.82, 2.24) is 0 Å². The fourth-order valence-electron chi connectivity index (χ4n) is 6.56. The third kappa shape index (κ3) is 26.4. The molecule has 1 aliphatic carbocycles. The largest absolute Gasteiger partial charge is 0.472 e. The molecule has 0 bridgehead atoms. The second-order valence-corrected chi connectivity index (χ2v) is 16.6. The molecule has 0 saturated heterocycles. The topological polar surface area (TPSA) is 192 Å². The summed E-state index contributed by atoms with van der Waals surface area (Å²) < 4.78 is 34.1. The van der Waals surface area contributed by atoms with Crippen molar-refractivity contribution in [2.75, 3.05) is 19.8 Å². The Labute approximate surface area is 332 Å². The summed E-state index contributed by atoms with van der Waals surface area (Å²) in [5.41, 5.74) is 0. The standard InChI is InChI=1S/C42H79O12P/c1-3-5-7-9-11-13-15-16-17-18-19-20-21-22-24-26-28-30-32-51-33-35(53-36(43)31-29-27-25-23-14-12-10-8-6-4-2)34-52-55(49,50)54-42-40(47)38(45)37(44)39(46)41(42)48/h11,13,16-17,35,37-42,44-48H,3-10,12,14-15,18-34H2,1-2H3,(H,49,50)/b13-11-,17-16-. The van der Waals surface area contributed by atoms with Gasteiger partial charge in [-0.15, -0.1) is 0 Å². The molecule has 0 spiro atoms. The molecule has 0 heterocycles. The molecule has 13 heteroatoms. The highest BCUT2D eigenvalue weighted by molar-refractivity contribution is 7.47. The number of esters is 1. The fourth-order valence-corrected chi connectivity index (χ4v) is 7.53. The summed E-state index contributed by atoms with van der Waals surface area (Å²) in [5.74, 6) is -0.481. The van der Waals surface area contributed by atoms with E-state index in [1.165, 1.54) is 89.9 Å². The van der Waals surface area contributed by atoms with E-state index in [2.05, 4.69) is 38.2 Å². The minimum atomic E-state index is -5.01. The molecule has 6 atom stereocenters. The summed E-state index contributed by atoms with van der Waals surface area (Å²) in [5, 5.41) is 50.0. The summed E-state index contributed by atoms with van der Waals surface area (Å²) in [7, 11) is -5.01. The van der Waals surface area contributed by atoms with E-state index in [-0.39, 0.29) is 13.0 Å². The van der Waals surface area contributed by atoms with Gasteiger partial charge in [-0.1, -0.05) is 147 Å². The zero-order chi connectivity index (χ0) is 40.6. The van der Waals surface area contributed by atoms with Crippen LogP contribution in [0, 0.1) is 0 Å². The van der Waals surface area contributed by atoms with Crippen LogP contribution in [0.3, 0.4) is 0 Å². The number of aliphatic hydroxyl groups excluding tert-OH is 5. The first-order chi connectivity index (χ1) is 26.5. The molecule has 324 valence electrons. The normalized spacial score (nSPS) is 23.4. The maximum absolute atomic E-state index is 12.8. The number of carbonyl (C=O) groups is 1. The van der Waals surface area contributed by atoms with E-state index in [0.717, 1.165) is 57.8 Å². The molecule has 1 rings (SSSR count). The van der Waals surface area contributed by atoms with Crippen molar-refractivity contribution >= 4 is 13.8 Å². The molecule has 0 aliphatic heterocycles. The lowest BCUT2D eigenvalue weighted by Crippen LogP contribution is -2.64. The molecule has 12 nitrogen and oxygen atoms in total. The number of hydrogen-bond acceptors (Lipinski definition) is 11. The SMILES string of the molecule is CCCCC/C=C\C/C=C\CCCCCCCCCCOCC(COP(=O)(O)OC1C(O)C(O)C(O)C(O)C1O)OC(=O)CCCCCCCCCCCC. The molecule has 55 heavy (non-hydrogen) atoms. The van der Waals surface area contributed by atoms with Crippen LogP contribution in [0.15, 0.2) is 24.3 Å². The van der Waals surface area contributed by atoms with Crippen LogP contribution >= 0.6 is 7.82 Å². The monoisotopic (exact) mass is 807 g/mol. The minimum absolute atomic E-state index is 0.0776. The van der Waals surface area contributed by atoms with Crippen LogP contribution in [0.1, 0.15) is 174 Å². The lowest BCUT2D eigenvalue weighted by atomic mass is 9.85. The second-order valence-electron chi connectivity index (χ2n) is 15.2. The molecule has 6 N–H and O–H groups in total. The third-order valence-electron chi connectivity index (χ3n) is 10.1. The Morgan fingerprint density at radius 2 is 1.02 bits per heavy atom. The smallest absolute Gasteiger partial charge is 0.457 e. The van der Waals surface area contributed by atoms with E-state index >= 15 is 0 Å². The van der Waals surface area contributed by atoms with Crippen LogP contribution in [-0.4, -0.2) is 98.9 Å². The molecule has 1 fully saturated rings. The van der Waals surface area contributed by atoms with Crippen LogP contribution < -0.4 is 0 Å². The molecule has 1 aliphatic rings. The average molecular weight is 807 g/mol. The van der Waals surface area contributed by atoms with Gasteiger partial charge in [0.25, 0.3) is 0 Å². The summed E-state index contributed by atoms with van der Waals surface area (Å²) >= 11 is 0. The maximum Gasteiger partial charge on any atom is 0.472 e. The Morgan fingerprint density at radius 3 is 1.56 bits per heavy atom. The van der Waals surface area contributed by atoms with Crippen LogP contribution in [0.25, 0.3) is 0 Å². The second kappa shape index (κ2) is 33.8. The Morgan fingerprint density at radius 1 is 0.582 bits per heavy atom. The van der Waals surface area contributed by atoms with E-state index in [1.54, 1.807) is 0 Å². The fraction of sp³-hybridized carbons (Fsp3) is 0.881. The van der Waals surface area contributed by atoms with Crippen molar-refractivity contribution in [3.8, 4) is 0 Å². The van der Waals surface area contributed by atoms with Gasteiger partial charge in [-0.3, -0.25) is 13.8 Å². The Hall–Kier alpha value is -1.18. The van der Waals surface area contributed by atoms with Gasteiger partial charge in [-0.2, -0.15) is 0 Å². The summed E-state index contributed by atoms with van der Waals surface area (Å²) in [6, 6.07) is 0. The zero-order valence-corrected chi connectivity index (χ0v) is 35.1. The first-order valence-corrected chi connectivity index (χ1v) is 23.2. The van der Waals surface area contributed by atoms with E-state index in [4.69, 9.17) is 18.5 Å². The van der Waals surface area contributed by atoms with Crippen molar-refractivity contribution < 1.29 is 58.3 Å². The quantitative estimate of drug-likeness (QED) is 0.0154. The van der Waals surface area contributed by atoms with Gasteiger partial charge in [-0.05, 0) is 44.9 Å². The molecule has 0 radical (unpaired) electrons. The predicted octanol–water partition coefficient (Wildman–Crippen LogP) is 8.14. The van der Waals surface area contributed by atoms with Gasteiger partial charge in [0.05, 0.1) is 13.2 Å². The number of phosphoric ester groups is 1. The number of rotatable bonds is 36. The number of unbranched alkanes of at least 4 members (excludes halogenated alkanes) is 20. The molecule has 1 saturated carbocycles. The molecule has 6 unspecified atom stereocenters. The highest BCUT2D eigenvalue weighted by atomic mass is 31.2. The van der Waals surface area contributed by atoms with Crippen molar-refractivity contribution in [1.29, 1.82) is 0 Å². The van der Waals surface area contributed by atoms with E-state index in [0.29, 0.717) is 13.0 Å². The Kier molecular flexibility index (Phi) is 31.8. The van der Waals surface area contributed by atoms with Gasteiger partial charge in [0, 0.05) is 13.0 Å². The molecule has 0 aromatic heterocycles. The number of aliphatic hydroxyl groups is 5. The number of hydrogen-bond donors (Lipinski definition) is 6. The lowest BCUT2D eigenvalue weighted by Gasteiger charge is -2.41. The number of phosphoric acid groups is 1. The predicted molar refractivity (Wildman–Crippen MR) is 216 cm³/mol. The first-order valence-electron chi connectivity index (χ1n) is 21.7. The molecule has 0 aromatic carbocycles. The van der Waals surface area contributed by atoms with Crippen molar-refractivity contribution in [2.24, 2.45) is 0 Å². The highest BCUT2D eigenvalue weighted by Gasteiger charge is 2.51. The van der Waals surface area contributed by atoms with Gasteiger partial charge in [0.15, 0.2) is 0 Å². The van der Waals surface area contributed by atoms with Gasteiger partial charge in [-0.25, -0.2) is 4.57 Å². The lowest BCUT2D eigenvalue weighted by molar-refractivity contribution is -0.220. The van der Waals surface area contributed by atoms with Gasteiger partial charge in [0.2, 0.25) is 0 Å². The third-order valence-corrected chi connectivity index (χ3v) is 11.1. The maximum atomic E-state index is 12.8. The minimum Gasteiger partial charge on any atom is -0.457 e. The van der Waals surface area contributed by atoms with E-state index in [9.17, 15) is 39.8 Å². The number of allylic oxidation sites excluding steroid dienone is 4. The molecule has 0 amide bonds. The van der Waals surface area contributed by atoms with Crippen LogP contribution in [-0.2, 0) is 27.9 Å². The molecular weight excluding hydrogens is 727 g/mol. The van der Waals surface area contributed by atoms with E-state index in [1.807, 2.05) is 0 Å². The Bertz CT molecular complexity index is 1010. The van der Waals surface area contributed by atoms with Crippen LogP contribution in [0.2, 0.25) is 0 Å². The number of carbonyl (C=O) groups excluding carboxylic acids is 1. The molecule has 0 aromatic rings. The van der Waals surface area contributed by atoms with Crippen molar-refractivity contribution in [2.45, 2.75) is 217 Å².